The summed E-state index contributed by atoms with van der Waals surface area (Å²) < 4.78 is 0. The Kier molecular flexibility index (Phi) is 3.40. The van der Waals surface area contributed by atoms with Gasteiger partial charge in [-0.25, -0.2) is 0 Å². The Balaban J connectivity index is 1.76. The van der Waals surface area contributed by atoms with Crippen molar-refractivity contribution in [2.75, 3.05) is 31.6 Å². The highest BCUT2D eigenvalue weighted by Crippen LogP contribution is 2.24. The summed E-state index contributed by atoms with van der Waals surface area (Å²) >= 11 is 0. The SMILES string of the molecule is NNc1ccccc1C(=O)N1CCN2CCCC2C1. The Bertz CT molecular complexity index is 476. The third kappa shape index (κ3) is 2.31. The van der Waals surface area contributed by atoms with Crippen LogP contribution in [-0.2, 0) is 0 Å². The van der Waals surface area contributed by atoms with Crippen molar-refractivity contribution in [3.8, 4) is 0 Å². The van der Waals surface area contributed by atoms with Gasteiger partial charge in [-0.2, -0.15) is 0 Å². The summed E-state index contributed by atoms with van der Waals surface area (Å²) in [6.07, 6.45) is 2.47. The molecule has 5 nitrogen and oxygen atoms in total. The average molecular weight is 260 g/mol. The van der Waals surface area contributed by atoms with E-state index in [9.17, 15) is 4.79 Å². The number of piperazine rings is 1. The summed E-state index contributed by atoms with van der Waals surface area (Å²) in [5, 5.41) is 0. The number of hydrogen-bond acceptors (Lipinski definition) is 4. The van der Waals surface area contributed by atoms with Crippen LogP contribution in [0.4, 0.5) is 5.69 Å². The lowest BCUT2D eigenvalue weighted by atomic mass is 10.1. The zero-order chi connectivity index (χ0) is 13.2. The van der Waals surface area contributed by atoms with Gasteiger partial charge >= 0.3 is 0 Å². The molecule has 102 valence electrons. The fourth-order valence-corrected chi connectivity index (χ4v) is 3.14. The van der Waals surface area contributed by atoms with E-state index in [-0.39, 0.29) is 5.91 Å². The zero-order valence-electron chi connectivity index (χ0n) is 11.0. The smallest absolute Gasteiger partial charge is 0.256 e. The van der Waals surface area contributed by atoms with Crippen molar-refractivity contribution in [2.24, 2.45) is 5.84 Å². The van der Waals surface area contributed by atoms with E-state index in [4.69, 9.17) is 5.84 Å². The van der Waals surface area contributed by atoms with Crippen LogP contribution in [0.1, 0.15) is 23.2 Å². The van der Waals surface area contributed by atoms with E-state index in [0.717, 1.165) is 19.6 Å². The number of rotatable bonds is 2. The average Bonchev–Trinajstić information content (AvgIpc) is 2.93. The molecule has 0 saturated carbocycles. The van der Waals surface area contributed by atoms with E-state index in [2.05, 4.69) is 10.3 Å². The molecule has 0 radical (unpaired) electrons. The Morgan fingerprint density at radius 3 is 2.95 bits per heavy atom. The largest absolute Gasteiger partial charge is 0.336 e. The molecular weight excluding hydrogens is 240 g/mol. The molecule has 1 aromatic rings. The van der Waals surface area contributed by atoms with Crippen LogP contribution in [0.2, 0.25) is 0 Å². The molecule has 1 atom stereocenters. The second-order valence-electron chi connectivity index (χ2n) is 5.27. The van der Waals surface area contributed by atoms with E-state index >= 15 is 0 Å². The number of fused-ring (bicyclic) bond motifs is 1. The molecule has 0 spiro atoms. The Morgan fingerprint density at radius 2 is 2.11 bits per heavy atom. The van der Waals surface area contributed by atoms with E-state index < -0.39 is 0 Å². The number of nitrogen functional groups attached to an aromatic ring is 1. The summed E-state index contributed by atoms with van der Waals surface area (Å²) in [6, 6.07) is 7.97. The lowest BCUT2D eigenvalue weighted by molar-refractivity contribution is 0.0572. The molecule has 19 heavy (non-hydrogen) atoms. The number of nitrogens with one attached hydrogen (secondary N) is 1. The molecule has 5 heteroatoms. The fraction of sp³-hybridized carbons (Fsp3) is 0.500. The number of amides is 1. The van der Waals surface area contributed by atoms with Crippen molar-refractivity contribution in [3.05, 3.63) is 29.8 Å². The number of hydrogen-bond donors (Lipinski definition) is 2. The number of hydrazine groups is 1. The Labute approximate surface area is 113 Å². The molecule has 1 amide bonds. The van der Waals surface area contributed by atoms with Crippen LogP contribution in [0, 0.1) is 0 Å². The highest BCUT2D eigenvalue weighted by Gasteiger charge is 2.33. The predicted molar refractivity (Wildman–Crippen MR) is 74.8 cm³/mol. The van der Waals surface area contributed by atoms with E-state index in [1.165, 1.54) is 19.4 Å². The summed E-state index contributed by atoms with van der Waals surface area (Å²) in [5.41, 5.74) is 3.96. The van der Waals surface area contributed by atoms with Gasteiger partial charge in [0.05, 0.1) is 11.3 Å². The number of anilines is 1. The highest BCUT2D eigenvalue weighted by molar-refractivity contribution is 5.99. The van der Waals surface area contributed by atoms with Gasteiger partial charge in [-0.3, -0.25) is 15.5 Å². The van der Waals surface area contributed by atoms with E-state index in [0.29, 0.717) is 17.3 Å². The first-order valence-electron chi connectivity index (χ1n) is 6.88. The van der Waals surface area contributed by atoms with Gasteiger partial charge in [0.25, 0.3) is 5.91 Å². The van der Waals surface area contributed by atoms with Crippen molar-refractivity contribution >= 4 is 11.6 Å². The third-order valence-electron chi connectivity index (χ3n) is 4.19. The van der Waals surface area contributed by atoms with Crippen molar-refractivity contribution in [1.82, 2.24) is 9.80 Å². The van der Waals surface area contributed by atoms with Gasteiger partial charge in [0, 0.05) is 25.7 Å². The number of carbonyl (C=O) groups is 1. The van der Waals surface area contributed by atoms with Crippen molar-refractivity contribution in [3.63, 3.8) is 0 Å². The molecule has 0 aromatic heterocycles. The summed E-state index contributed by atoms with van der Waals surface area (Å²) in [5.74, 6) is 5.56. The highest BCUT2D eigenvalue weighted by atomic mass is 16.2. The zero-order valence-corrected chi connectivity index (χ0v) is 11.0. The topological polar surface area (TPSA) is 61.6 Å². The molecule has 2 fully saturated rings. The van der Waals surface area contributed by atoms with Crippen LogP contribution in [0.25, 0.3) is 0 Å². The maximum atomic E-state index is 12.6. The molecule has 1 unspecified atom stereocenters. The van der Waals surface area contributed by atoms with Crippen molar-refractivity contribution < 1.29 is 4.79 Å². The normalized spacial score (nSPS) is 23.2. The second-order valence-corrected chi connectivity index (χ2v) is 5.27. The quantitative estimate of drug-likeness (QED) is 0.612. The molecule has 0 aliphatic carbocycles. The van der Waals surface area contributed by atoms with Crippen LogP contribution in [0.5, 0.6) is 0 Å². The fourth-order valence-electron chi connectivity index (χ4n) is 3.14. The second kappa shape index (κ2) is 5.19. The molecule has 3 N–H and O–H groups in total. The van der Waals surface area contributed by atoms with Crippen molar-refractivity contribution in [1.29, 1.82) is 0 Å². The van der Waals surface area contributed by atoms with Crippen LogP contribution in [-0.4, -0.2) is 47.9 Å². The molecule has 0 bridgehead atoms. The first-order chi connectivity index (χ1) is 9.29. The van der Waals surface area contributed by atoms with Crippen LogP contribution < -0.4 is 11.3 Å². The third-order valence-corrected chi connectivity index (χ3v) is 4.19. The van der Waals surface area contributed by atoms with Gasteiger partial charge in [0.1, 0.15) is 0 Å². The first kappa shape index (κ1) is 12.4. The maximum absolute atomic E-state index is 12.6. The Morgan fingerprint density at radius 1 is 1.26 bits per heavy atom. The maximum Gasteiger partial charge on any atom is 0.256 e. The summed E-state index contributed by atoms with van der Waals surface area (Å²) in [6.45, 7) is 3.84. The monoisotopic (exact) mass is 260 g/mol. The predicted octanol–water partition coefficient (Wildman–Crippen LogP) is 0.892. The molecule has 2 aliphatic heterocycles. The molecule has 3 rings (SSSR count). The summed E-state index contributed by atoms with van der Waals surface area (Å²) in [7, 11) is 0. The van der Waals surface area contributed by atoms with Crippen LogP contribution in [0.3, 0.4) is 0 Å². The molecule has 2 aliphatic rings. The summed E-state index contributed by atoms with van der Waals surface area (Å²) in [4.78, 5) is 17.0. The minimum atomic E-state index is 0.0834. The van der Waals surface area contributed by atoms with Gasteiger partial charge in [-0.05, 0) is 31.5 Å². The number of nitrogens with two attached hydrogens (primary N) is 1. The molecule has 2 heterocycles. The van der Waals surface area contributed by atoms with Gasteiger partial charge < -0.3 is 10.3 Å². The standard InChI is InChI=1S/C14H20N4O/c15-16-13-6-2-1-5-12(13)14(19)18-9-8-17-7-3-4-11(17)10-18/h1-2,5-6,11,16H,3-4,7-10,15H2. The molecule has 2 saturated heterocycles. The molecular formula is C14H20N4O. The number of para-hydroxylation sites is 1. The van der Waals surface area contributed by atoms with Gasteiger partial charge in [-0.1, -0.05) is 12.1 Å². The van der Waals surface area contributed by atoms with Gasteiger partial charge in [-0.15, -0.1) is 0 Å². The number of carbonyl (C=O) groups excluding carboxylic acids is 1. The van der Waals surface area contributed by atoms with Crippen LogP contribution >= 0.6 is 0 Å². The number of nitrogens with zero attached hydrogens (tertiary/aromatic N) is 2. The lowest BCUT2D eigenvalue weighted by Crippen LogP contribution is -2.52. The van der Waals surface area contributed by atoms with E-state index in [1.54, 1.807) is 0 Å². The lowest BCUT2D eigenvalue weighted by Gasteiger charge is -2.37. The number of benzene rings is 1. The van der Waals surface area contributed by atoms with Gasteiger partial charge in [0.2, 0.25) is 0 Å². The Hall–Kier alpha value is -1.59. The van der Waals surface area contributed by atoms with Crippen molar-refractivity contribution in [2.45, 2.75) is 18.9 Å². The van der Waals surface area contributed by atoms with E-state index in [1.807, 2.05) is 29.2 Å². The van der Waals surface area contributed by atoms with Crippen LogP contribution in [0.15, 0.2) is 24.3 Å². The van der Waals surface area contributed by atoms with Gasteiger partial charge in [0.15, 0.2) is 0 Å². The first-order valence-corrected chi connectivity index (χ1v) is 6.88. The molecule has 1 aromatic carbocycles. The minimum absolute atomic E-state index is 0.0834. The minimum Gasteiger partial charge on any atom is -0.336 e.